The Kier molecular flexibility index (Phi) is 9.49. The first kappa shape index (κ1) is 30.5. The Morgan fingerprint density at radius 2 is 1.67 bits per heavy atom. The molecule has 10 nitrogen and oxygen atoms in total. The van der Waals surface area contributed by atoms with Gasteiger partial charge in [0.25, 0.3) is 11.5 Å². The second kappa shape index (κ2) is 13.1. The molecule has 4 rings (SSSR count). The Labute approximate surface area is 250 Å². The van der Waals surface area contributed by atoms with E-state index in [2.05, 4.69) is 10.3 Å². The van der Waals surface area contributed by atoms with Crippen molar-refractivity contribution in [2.45, 2.75) is 39.0 Å². The van der Waals surface area contributed by atoms with E-state index in [4.69, 9.17) is 27.9 Å². The lowest BCUT2D eigenvalue weighted by Gasteiger charge is -2.20. The zero-order valence-corrected chi connectivity index (χ0v) is 24.5. The molecule has 0 spiro atoms. The van der Waals surface area contributed by atoms with Gasteiger partial charge in [-0.25, -0.2) is 14.2 Å². The summed E-state index contributed by atoms with van der Waals surface area (Å²) in [6.07, 6.45) is 0.312. The summed E-state index contributed by atoms with van der Waals surface area (Å²) in [5.41, 5.74) is 0.905. The minimum absolute atomic E-state index is 0.0365. The molecule has 12 heteroatoms. The van der Waals surface area contributed by atoms with Crippen LogP contribution in [-0.4, -0.2) is 51.9 Å². The number of rotatable bonds is 10. The van der Waals surface area contributed by atoms with Gasteiger partial charge in [0.2, 0.25) is 6.41 Å². The number of hydrogen-bond donors (Lipinski definition) is 2. The summed E-state index contributed by atoms with van der Waals surface area (Å²) in [5.74, 6) is -1.29. The highest BCUT2D eigenvalue weighted by Gasteiger charge is 2.26. The van der Waals surface area contributed by atoms with Crippen molar-refractivity contribution in [3.8, 4) is 5.69 Å². The van der Waals surface area contributed by atoms with E-state index in [0.29, 0.717) is 29.7 Å². The van der Waals surface area contributed by atoms with Gasteiger partial charge < -0.3 is 19.9 Å². The number of nitrogens with one attached hydrogen (secondary N) is 2. The summed E-state index contributed by atoms with van der Waals surface area (Å²) in [6.45, 7) is 3.68. The van der Waals surface area contributed by atoms with Gasteiger partial charge in [0.1, 0.15) is 6.04 Å². The van der Waals surface area contributed by atoms with Crippen molar-refractivity contribution in [1.29, 1.82) is 0 Å². The van der Waals surface area contributed by atoms with E-state index in [-0.39, 0.29) is 27.4 Å². The van der Waals surface area contributed by atoms with Crippen LogP contribution >= 0.6 is 23.2 Å². The van der Waals surface area contributed by atoms with Crippen LogP contribution in [0.3, 0.4) is 0 Å². The molecule has 1 unspecified atom stereocenters. The first-order valence-corrected chi connectivity index (χ1v) is 13.7. The number of fused-ring (bicyclic) bond motifs is 1. The van der Waals surface area contributed by atoms with Gasteiger partial charge in [0, 0.05) is 20.0 Å². The van der Waals surface area contributed by atoms with Crippen LogP contribution in [0.15, 0.2) is 70.3 Å². The molecule has 3 aromatic carbocycles. The number of amides is 2. The second-order valence-corrected chi connectivity index (χ2v) is 10.8. The topological polar surface area (TPSA) is 131 Å². The van der Waals surface area contributed by atoms with E-state index >= 15 is 0 Å². The molecule has 0 saturated heterocycles. The van der Waals surface area contributed by atoms with Crippen LogP contribution in [0.2, 0.25) is 10.0 Å². The Morgan fingerprint density at radius 3 is 2.29 bits per heavy atom. The number of nitrogens with zero attached hydrogens (tertiary/aromatic N) is 2. The monoisotopic (exact) mass is 610 g/mol. The normalized spacial score (nSPS) is 11.8. The van der Waals surface area contributed by atoms with Crippen LogP contribution in [0.1, 0.15) is 35.3 Å². The molecule has 0 radical (unpaired) electrons. The van der Waals surface area contributed by atoms with Gasteiger partial charge in [0.15, 0.2) is 0 Å². The van der Waals surface area contributed by atoms with Crippen molar-refractivity contribution in [1.82, 2.24) is 19.8 Å². The summed E-state index contributed by atoms with van der Waals surface area (Å²) in [4.78, 5) is 67.3. The first-order chi connectivity index (χ1) is 20.0. The smallest absolute Gasteiger partial charge is 0.333 e. The third-order valence-electron chi connectivity index (χ3n) is 6.34. The SMILES string of the molecule is CC(C)OC(=O)C(Cc1ccc(-n2c(=O)[nH]c3ccc(CN(C)C=O)cc3c2=O)cc1)NC(=O)c1c(Cl)cccc1Cl. The second-order valence-electron chi connectivity index (χ2n) is 9.95. The highest BCUT2D eigenvalue weighted by Crippen LogP contribution is 2.24. The summed E-state index contributed by atoms with van der Waals surface area (Å²) >= 11 is 12.3. The van der Waals surface area contributed by atoms with Crippen molar-refractivity contribution < 1.29 is 19.1 Å². The zero-order chi connectivity index (χ0) is 30.6. The Balaban J connectivity index is 1.63. The van der Waals surface area contributed by atoms with Gasteiger partial charge >= 0.3 is 11.7 Å². The molecule has 218 valence electrons. The van der Waals surface area contributed by atoms with Gasteiger partial charge in [-0.3, -0.25) is 14.4 Å². The number of aromatic amines is 1. The van der Waals surface area contributed by atoms with Crippen LogP contribution in [0.4, 0.5) is 0 Å². The molecular weight excluding hydrogens is 583 g/mol. The lowest BCUT2D eigenvalue weighted by Crippen LogP contribution is -2.44. The molecule has 0 aliphatic heterocycles. The summed E-state index contributed by atoms with van der Waals surface area (Å²) in [6, 6.07) is 15.0. The Hall–Kier alpha value is -4.41. The molecule has 4 aromatic rings. The molecule has 0 aliphatic rings. The fraction of sp³-hybridized carbons (Fsp3) is 0.233. The number of aromatic nitrogens is 2. The fourth-order valence-corrected chi connectivity index (χ4v) is 4.96. The van der Waals surface area contributed by atoms with Gasteiger partial charge in [-0.1, -0.05) is 47.5 Å². The average Bonchev–Trinajstić information content (AvgIpc) is 2.93. The van der Waals surface area contributed by atoms with Crippen molar-refractivity contribution >= 4 is 52.4 Å². The quantitative estimate of drug-likeness (QED) is 0.207. The maximum Gasteiger partial charge on any atom is 0.333 e. The van der Waals surface area contributed by atoms with E-state index in [1.165, 1.54) is 17.0 Å². The third kappa shape index (κ3) is 6.89. The van der Waals surface area contributed by atoms with Gasteiger partial charge in [0.05, 0.1) is 38.3 Å². The molecule has 0 bridgehead atoms. The molecule has 1 heterocycles. The van der Waals surface area contributed by atoms with E-state index in [0.717, 1.165) is 10.1 Å². The zero-order valence-electron chi connectivity index (χ0n) is 23.0. The van der Waals surface area contributed by atoms with E-state index in [9.17, 15) is 24.0 Å². The van der Waals surface area contributed by atoms with Crippen LogP contribution in [0, 0.1) is 0 Å². The Bertz CT molecular complexity index is 1740. The van der Waals surface area contributed by atoms with Crippen molar-refractivity contribution in [2.75, 3.05) is 7.05 Å². The summed E-state index contributed by atoms with van der Waals surface area (Å²) in [5, 5.41) is 3.21. The highest BCUT2D eigenvalue weighted by atomic mass is 35.5. The number of ether oxygens (including phenoxy) is 1. The highest BCUT2D eigenvalue weighted by molar-refractivity contribution is 6.39. The number of esters is 1. The van der Waals surface area contributed by atoms with E-state index in [1.54, 1.807) is 69.4 Å². The fourth-order valence-electron chi connectivity index (χ4n) is 4.39. The largest absolute Gasteiger partial charge is 0.461 e. The van der Waals surface area contributed by atoms with Crippen molar-refractivity contribution in [3.63, 3.8) is 0 Å². The third-order valence-corrected chi connectivity index (χ3v) is 6.97. The maximum atomic E-state index is 13.4. The minimum Gasteiger partial charge on any atom is -0.461 e. The molecule has 0 saturated carbocycles. The molecular formula is C30H28Cl2N4O6. The van der Waals surface area contributed by atoms with Crippen LogP contribution in [0.25, 0.3) is 16.6 Å². The van der Waals surface area contributed by atoms with Crippen LogP contribution in [-0.2, 0) is 27.3 Å². The van der Waals surface area contributed by atoms with E-state index in [1.807, 2.05) is 0 Å². The number of carbonyl (C=O) groups excluding carboxylic acids is 3. The van der Waals surface area contributed by atoms with Gasteiger partial charge in [-0.05, 0) is 61.4 Å². The number of carbonyl (C=O) groups is 3. The molecule has 0 aliphatic carbocycles. The van der Waals surface area contributed by atoms with Crippen LogP contribution < -0.4 is 16.6 Å². The van der Waals surface area contributed by atoms with E-state index < -0.39 is 35.3 Å². The predicted octanol–water partition coefficient (Wildman–Crippen LogP) is 3.87. The van der Waals surface area contributed by atoms with Crippen molar-refractivity contribution in [3.05, 3.63) is 108 Å². The number of hydrogen-bond acceptors (Lipinski definition) is 6. The number of halogens is 2. The predicted molar refractivity (Wildman–Crippen MR) is 160 cm³/mol. The maximum absolute atomic E-state index is 13.4. The number of H-pyrrole nitrogens is 1. The van der Waals surface area contributed by atoms with Crippen LogP contribution in [0.5, 0.6) is 0 Å². The number of benzene rings is 3. The molecule has 1 atom stereocenters. The summed E-state index contributed by atoms with van der Waals surface area (Å²) < 4.78 is 6.36. The molecule has 1 aromatic heterocycles. The molecule has 42 heavy (non-hydrogen) atoms. The molecule has 2 amide bonds. The lowest BCUT2D eigenvalue weighted by molar-refractivity contribution is -0.149. The molecule has 2 N–H and O–H groups in total. The Morgan fingerprint density at radius 1 is 1.02 bits per heavy atom. The lowest BCUT2D eigenvalue weighted by atomic mass is 10.0. The summed E-state index contributed by atoms with van der Waals surface area (Å²) in [7, 11) is 1.62. The van der Waals surface area contributed by atoms with Gasteiger partial charge in [-0.15, -0.1) is 0 Å². The minimum atomic E-state index is -1.08. The standard InChI is InChI=1S/C30H28Cl2N4O6/c1-17(2)42-29(40)25(33-27(38)26-22(31)5-4-6-23(26)32)14-18-7-10-20(11-8-18)36-28(39)21-13-19(15-35(3)16-37)9-12-24(21)34-30(36)41/h4-13,16-17,25H,14-15H2,1-3H3,(H,33,38)(H,34,41). The average molecular weight is 611 g/mol. The molecule has 0 fully saturated rings. The first-order valence-electron chi connectivity index (χ1n) is 13.0. The van der Waals surface area contributed by atoms with Crippen molar-refractivity contribution in [2.24, 2.45) is 0 Å². The van der Waals surface area contributed by atoms with Gasteiger partial charge in [-0.2, -0.15) is 0 Å².